The van der Waals surface area contributed by atoms with Crippen molar-refractivity contribution < 1.29 is 0 Å². The van der Waals surface area contributed by atoms with E-state index in [2.05, 4.69) is 0 Å². The van der Waals surface area contributed by atoms with Gasteiger partial charge in [-0.15, -0.1) is 44.3 Å². The second-order valence-corrected chi connectivity index (χ2v) is 11.1. The Morgan fingerprint density at radius 2 is 1.50 bits per heavy atom. The summed E-state index contributed by atoms with van der Waals surface area (Å²) in [7, 11) is -3.57. The molecule has 0 heterocycles. The maximum absolute atomic E-state index is 5.71. The molecule has 7 heteroatoms. The molecule has 0 saturated heterocycles. The third-order valence-electron chi connectivity index (χ3n) is 0.983. The van der Waals surface area contributed by atoms with Gasteiger partial charge in [-0.25, -0.2) is 0 Å². The highest BCUT2D eigenvalue weighted by atomic mass is 35.7. The summed E-state index contributed by atoms with van der Waals surface area (Å²) >= 11 is 22.9. The van der Waals surface area contributed by atoms with Crippen molar-refractivity contribution in [3.63, 3.8) is 0 Å². The Hall–Kier alpha value is 1.55. The average Bonchev–Trinajstić information content (AvgIpc) is 1.81. The first-order valence-corrected chi connectivity index (χ1v) is 10.9. The molecular weight excluding hydrogens is 248 g/mol. The minimum absolute atomic E-state index is 0.827. The van der Waals surface area contributed by atoms with Crippen LogP contribution in [0, 0.1) is 0 Å². The monoisotopic (exact) mass is 255 g/mol. The normalized spacial score (nSPS) is 12.0. The van der Waals surface area contributed by atoms with Crippen molar-refractivity contribution in [1.29, 1.82) is 0 Å². The molecule has 0 atom stereocenters. The molecule has 0 rings (SSSR count). The van der Waals surface area contributed by atoms with Gasteiger partial charge in [-0.1, -0.05) is 6.92 Å². The van der Waals surface area contributed by atoms with E-state index in [0.717, 1.165) is 13.0 Å². The molecule has 1 nitrogen and oxygen atoms in total. The summed E-state index contributed by atoms with van der Waals surface area (Å²) in [5.74, 6) is 0. The average molecular weight is 257 g/mol. The van der Waals surface area contributed by atoms with Crippen LogP contribution < -0.4 is 0 Å². The lowest BCUT2D eigenvalue weighted by Gasteiger charge is -2.21. The van der Waals surface area contributed by atoms with Crippen LogP contribution in [0.3, 0.4) is 0 Å². The molecule has 0 saturated carbocycles. The lowest BCUT2D eigenvalue weighted by Crippen LogP contribution is -2.38. The van der Waals surface area contributed by atoms with Crippen molar-refractivity contribution in [2.75, 3.05) is 6.54 Å². The largest absolute Gasteiger partial charge is 0.304 e. The van der Waals surface area contributed by atoms with E-state index in [9.17, 15) is 0 Å². The Labute approximate surface area is 83.4 Å². The van der Waals surface area contributed by atoms with E-state index in [-0.39, 0.29) is 0 Å². The van der Waals surface area contributed by atoms with Gasteiger partial charge in [0, 0.05) is 0 Å². The van der Waals surface area contributed by atoms with Crippen LogP contribution in [0.25, 0.3) is 0 Å². The molecule has 0 unspecified atom stereocenters. The molecule has 0 bridgehead atoms. The highest BCUT2D eigenvalue weighted by Crippen LogP contribution is 2.12. The van der Waals surface area contributed by atoms with Crippen molar-refractivity contribution in [3.8, 4) is 0 Å². The molecule has 0 spiro atoms. The number of hydrogen-bond acceptors (Lipinski definition) is 1. The summed E-state index contributed by atoms with van der Waals surface area (Å²) in [4.78, 5) is 0. The van der Waals surface area contributed by atoms with Gasteiger partial charge in [-0.3, -0.25) is 0 Å². The first kappa shape index (κ1) is 11.6. The van der Waals surface area contributed by atoms with E-state index >= 15 is 0 Å². The number of nitrogens with zero attached hydrogens (tertiary/aromatic N) is 1. The molecule has 10 heavy (non-hydrogen) atoms. The molecule has 0 aliphatic carbocycles. The fourth-order valence-electron chi connectivity index (χ4n) is 0.539. The van der Waals surface area contributed by atoms with Crippen LogP contribution in [0.2, 0.25) is 0 Å². The summed E-state index contributed by atoms with van der Waals surface area (Å²) in [5, 5.41) is 0. The minimum atomic E-state index is -1.79. The SMILES string of the molecule is CCCN([SiH](Cl)Cl)[SiH](Cl)Cl. The van der Waals surface area contributed by atoms with Gasteiger partial charge in [0.2, 0.25) is 0 Å². The van der Waals surface area contributed by atoms with Gasteiger partial charge in [-0.05, 0) is 13.0 Å². The molecule has 0 aliphatic heterocycles. The molecular formula is C3H9Cl4NSi2. The molecule has 0 aliphatic rings. The zero-order valence-corrected chi connectivity index (χ0v) is 10.9. The highest BCUT2D eigenvalue weighted by Gasteiger charge is 2.21. The maximum Gasteiger partial charge on any atom is 0.304 e. The van der Waals surface area contributed by atoms with Crippen LogP contribution in [0.15, 0.2) is 0 Å². The van der Waals surface area contributed by atoms with Gasteiger partial charge >= 0.3 is 15.2 Å². The molecule has 62 valence electrons. The third kappa shape index (κ3) is 4.44. The van der Waals surface area contributed by atoms with Crippen molar-refractivity contribution in [1.82, 2.24) is 4.23 Å². The third-order valence-corrected chi connectivity index (χ3v) is 9.57. The zero-order valence-electron chi connectivity index (χ0n) is 5.53. The van der Waals surface area contributed by atoms with E-state index in [1.807, 2.05) is 11.2 Å². The summed E-state index contributed by atoms with van der Waals surface area (Å²) in [5.41, 5.74) is 0. The molecule has 0 aromatic heterocycles. The Balaban J connectivity index is 3.73. The van der Waals surface area contributed by atoms with Crippen LogP contribution in [0.1, 0.15) is 13.3 Å². The van der Waals surface area contributed by atoms with Crippen LogP contribution in [0.5, 0.6) is 0 Å². The molecule has 0 aromatic rings. The summed E-state index contributed by atoms with van der Waals surface area (Å²) in [6, 6.07) is 0. The standard InChI is InChI=1S/C3H9Cl4NSi2/c1-2-3-8(9(4)5)10(6)7/h9-10H,2-3H2,1H3. The van der Waals surface area contributed by atoms with Gasteiger partial charge in [0.05, 0.1) is 0 Å². The molecule has 0 aromatic carbocycles. The van der Waals surface area contributed by atoms with Gasteiger partial charge < -0.3 is 4.23 Å². The fraction of sp³-hybridized carbons (Fsp3) is 1.00. The number of halogens is 4. The van der Waals surface area contributed by atoms with E-state index < -0.39 is 15.2 Å². The van der Waals surface area contributed by atoms with E-state index in [1.54, 1.807) is 0 Å². The Kier molecular flexibility index (Phi) is 7.06. The number of rotatable bonds is 4. The van der Waals surface area contributed by atoms with E-state index in [1.165, 1.54) is 0 Å². The summed E-state index contributed by atoms with van der Waals surface area (Å²) < 4.78 is 1.85. The van der Waals surface area contributed by atoms with Gasteiger partial charge in [-0.2, -0.15) is 0 Å². The van der Waals surface area contributed by atoms with E-state index in [0.29, 0.717) is 0 Å². The lowest BCUT2D eigenvalue weighted by molar-refractivity contribution is 0.660. The van der Waals surface area contributed by atoms with E-state index in [4.69, 9.17) is 44.3 Å². The number of hydrogen-bond donors (Lipinski definition) is 0. The van der Waals surface area contributed by atoms with Crippen molar-refractivity contribution in [2.24, 2.45) is 0 Å². The van der Waals surface area contributed by atoms with Crippen LogP contribution in [-0.4, -0.2) is 25.9 Å². The van der Waals surface area contributed by atoms with Crippen LogP contribution >= 0.6 is 44.3 Å². The zero-order chi connectivity index (χ0) is 8.15. The highest BCUT2D eigenvalue weighted by molar-refractivity contribution is 7.42. The maximum atomic E-state index is 5.71. The quantitative estimate of drug-likeness (QED) is 0.550. The van der Waals surface area contributed by atoms with Gasteiger partial charge in [0.25, 0.3) is 0 Å². The van der Waals surface area contributed by atoms with Crippen LogP contribution in [-0.2, 0) is 0 Å². The Morgan fingerprint density at radius 1 is 1.10 bits per heavy atom. The first-order chi connectivity index (χ1) is 4.59. The topological polar surface area (TPSA) is 3.24 Å². The smallest absolute Gasteiger partial charge is 0.303 e. The first-order valence-electron chi connectivity index (χ1n) is 2.91. The van der Waals surface area contributed by atoms with Crippen LogP contribution in [0.4, 0.5) is 0 Å². The van der Waals surface area contributed by atoms with Crippen molar-refractivity contribution in [2.45, 2.75) is 13.3 Å². The predicted molar refractivity (Wildman–Crippen MR) is 54.7 cm³/mol. The lowest BCUT2D eigenvalue weighted by atomic mass is 10.5. The molecule has 0 N–H and O–H groups in total. The molecule has 0 amide bonds. The predicted octanol–water partition coefficient (Wildman–Crippen LogP) is 2.09. The Bertz CT molecular complexity index is 82.6. The second-order valence-electron chi connectivity index (χ2n) is 1.79. The van der Waals surface area contributed by atoms with Crippen molar-refractivity contribution >= 4 is 59.5 Å². The molecule has 0 fully saturated rings. The van der Waals surface area contributed by atoms with Crippen molar-refractivity contribution in [3.05, 3.63) is 0 Å². The molecule has 0 radical (unpaired) electrons. The second kappa shape index (κ2) is 6.11. The van der Waals surface area contributed by atoms with Gasteiger partial charge in [0.1, 0.15) is 0 Å². The fourth-order valence-corrected chi connectivity index (χ4v) is 9.43. The summed E-state index contributed by atoms with van der Waals surface area (Å²) in [6.07, 6.45) is 0.992. The minimum Gasteiger partial charge on any atom is -0.303 e. The Morgan fingerprint density at radius 3 is 1.60 bits per heavy atom. The summed E-state index contributed by atoms with van der Waals surface area (Å²) in [6.45, 7) is 2.87. The van der Waals surface area contributed by atoms with Gasteiger partial charge in [0.15, 0.2) is 0 Å².